The highest BCUT2D eigenvalue weighted by Crippen LogP contribution is 2.31. The third kappa shape index (κ3) is 4.80. The van der Waals surface area contributed by atoms with Crippen LogP contribution in [0, 0.1) is 0 Å². The molecule has 0 spiro atoms. The number of carbonyl (C=O) groups is 1. The lowest BCUT2D eigenvalue weighted by Crippen LogP contribution is -2.34. The SMILES string of the molecule is CCn1c(=O)n(CC(=O)NC(C)c2ccc(OCc3ccncc3)c(OC)c2)c2ccccc21. The summed E-state index contributed by atoms with van der Waals surface area (Å²) in [6, 6.07) is 16.6. The maximum Gasteiger partial charge on any atom is 0.329 e. The van der Waals surface area contributed by atoms with E-state index in [1.54, 1.807) is 24.1 Å². The zero-order valence-corrected chi connectivity index (χ0v) is 19.5. The van der Waals surface area contributed by atoms with Crippen LogP contribution in [0.1, 0.15) is 31.0 Å². The van der Waals surface area contributed by atoms with Crippen LogP contribution in [-0.2, 0) is 24.5 Å². The molecular weight excluding hydrogens is 432 g/mol. The maximum atomic E-state index is 12.8. The molecule has 4 rings (SSSR count). The molecule has 2 aromatic heterocycles. The third-order valence-corrected chi connectivity index (χ3v) is 5.75. The summed E-state index contributed by atoms with van der Waals surface area (Å²) >= 11 is 0. The maximum absolute atomic E-state index is 12.8. The van der Waals surface area contributed by atoms with Crippen LogP contribution in [0.3, 0.4) is 0 Å². The number of fused-ring (bicyclic) bond motifs is 1. The number of methoxy groups -OCH3 is 1. The van der Waals surface area contributed by atoms with Crippen molar-refractivity contribution in [3.63, 3.8) is 0 Å². The number of hydrogen-bond donors (Lipinski definition) is 1. The fourth-order valence-electron chi connectivity index (χ4n) is 3.96. The van der Waals surface area contributed by atoms with E-state index in [2.05, 4.69) is 10.3 Å². The molecule has 0 aliphatic heterocycles. The lowest BCUT2D eigenvalue weighted by atomic mass is 10.1. The predicted molar refractivity (Wildman–Crippen MR) is 130 cm³/mol. The summed E-state index contributed by atoms with van der Waals surface area (Å²) in [4.78, 5) is 29.6. The Morgan fingerprint density at radius 3 is 2.41 bits per heavy atom. The molecule has 2 aromatic carbocycles. The van der Waals surface area contributed by atoms with Crippen molar-refractivity contribution < 1.29 is 14.3 Å². The molecule has 1 unspecified atom stereocenters. The summed E-state index contributed by atoms with van der Waals surface area (Å²) in [5.74, 6) is 0.945. The number of aromatic nitrogens is 3. The van der Waals surface area contributed by atoms with Crippen LogP contribution in [0.2, 0.25) is 0 Å². The molecular formula is C26H28N4O4. The molecule has 1 N–H and O–H groups in total. The lowest BCUT2D eigenvalue weighted by Gasteiger charge is -2.17. The monoisotopic (exact) mass is 460 g/mol. The second kappa shape index (κ2) is 10.2. The van der Waals surface area contributed by atoms with E-state index in [1.165, 1.54) is 4.57 Å². The minimum absolute atomic E-state index is 0.0546. The molecule has 0 aliphatic rings. The smallest absolute Gasteiger partial charge is 0.329 e. The molecule has 0 aliphatic carbocycles. The van der Waals surface area contributed by atoms with Gasteiger partial charge >= 0.3 is 5.69 Å². The molecule has 1 amide bonds. The molecule has 176 valence electrons. The van der Waals surface area contributed by atoms with Gasteiger partial charge in [-0.05, 0) is 61.4 Å². The topological polar surface area (TPSA) is 87.4 Å². The first-order valence-electron chi connectivity index (χ1n) is 11.2. The van der Waals surface area contributed by atoms with Gasteiger partial charge in [0, 0.05) is 18.9 Å². The molecule has 4 aromatic rings. The van der Waals surface area contributed by atoms with Crippen molar-refractivity contribution in [2.24, 2.45) is 0 Å². The van der Waals surface area contributed by atoms with Gasteiger partial charge in [-0.1, -0.05) is 18.2 Å². The van der Waals surface area contributed by atoms with Crippen molar-refractivity contribution in [2.75, 3.05) is 7.11 Å². The van der Waals surface area contributed by atoms with Crippen LogP contribution >= 0.6 is 0 Å². The number of imidazole rings is 1. The number of hydrogen-bond acceptors (Lipinski definition) is 5. The fraction of sp³-hybridized carbons (Fsp3) is 0.269. The van der Waals surface area contributed by atoms with Gasteiger partial charge in [-0.15, -0.1) is 0 Å². The number of nitrogens with one attached hydrogen (secondary N) is 1. The Hall–Kier alpha value is -4.07. The molecule has 2 heterocycles. The first-order valence-corrected chi connectivity index (χ1v) is 11.2. The van der Waals surface area contributed by atoms with E-state index < -0.39 is 0 Å². The molecule has 0 bridgehead atoms. The van der Waals surface area contributed by atoms with Crippen LogP contribution in [0.25, 0.3) is 11.0 Å². The zero-order chi connectivity index (χ0) is 24.1. The number of pyridine rings is 1. The number of benzene rings is 2. The second-order valence-corrected chi connectivity index (χ2v) is 7.95. The Morgan fingerprint density at radius 1 is 1.03 bits per heavy atom. The van der Waals surface area contributed by atoms with Crippen LogP contribution in [-0.4, -0.2) is 27.1 Å². The van der Waals surface area contributed by atoms with Crippen LogP contribution in [0.5, 0.6) is 11.5 Å². The highest BCUT2D eigenvalue weighted by atomic mass is 16.5. The largest absolute Gasteiger partial charge is 0.493 e. The van der Waals surface area contributed by atoms with Crippen molar-refractivity contribution in [3.05, 3.63) is 88.6 Å². The summed E-state index contributed by atoms with van der Waals surface area (Å²) in [7, 11) is 1.58. The highest BCUT2D eigenvalue weighted by Gasteiger charge is 2.17. The van der Waals surface area contributed by atoms with Crippen LogP contribution in [0.4, 0.5) is 0 Å². The summed E-state index contributed by atoms with van der Waals surface area (Å²) in [5.41, 5.74) is 3.24. The Kier molecular flexibility index (Phi) is 6.96. The first-order chi connectivity index (χ1) is 16.5. The number of para-hydroxylation sites is 2. The van der Waals surface area contributed by atoms with Gasteiger partial charge < -0.3 is 14.8 Å². The van der Waals surface area contributed by atoms with Gasteiger partial charge in [0.25, 0.3) is 0 Å². The number of carbonyl (C=O) groups excluding carboxylic acids is 1. The summed E-state index contributed by atoms with van der Waals surface area (Å²) in [6.07, 6.45) is 3.44. The number of nitrogens with zero attached hydrogens (tertiary/aromatic N) is 3. The third-order valence-electron chi connectivity index (χ3n) is 5.75. The average Bonchev–Trinajstić information content (AvgIpc) is 3.13. The fourth-order valence-corrected chi connectivity index (χ4v) is 3.96. The van der Waals surface area contributed by atoms with E-state index in [9.17, 15) is 9.59 Å². The van der Waals surface area contributed by atoms with Gasteiger partial charge in [0.05, 0.1) is 24.2 Å². The van der Waals surface area contributed by atoms with Crippen molar-refractivity contribution in [2.45, 2.75) is 39.6 Å². The van der Waals surface area contributed by atoms with E-state index in [0.29, 0.717) is 24.7 Å². The van der Waals surface area contributed by atoms with Crippen molar-refractivity contribution in [1.29, 1.82) is 0 Å². The summed E-state index contributed by atoms with van der Waals surface area (Å²) < 4.78 is 14.6. The number of rotatable bonds is 9. The molecule has 8 nitrogen and oxygen atoms in total. The molecule has 0 fully saturated rings. The lowest BCUT2D eigenvalue weighted by molar-refractivity contribution is -0.122. The molecule has 34 heavy (non-hydrogen) atoms. The van der Waals surface area contributed by atoms with Gasteiger partial charge in [-0.2, -0.15) is 0 Å². The van der Waals surface area contributed by atoms with E-state index in [1.807, 2.05) is 68.4 Å². The standard InChI is InChI=1S/C26H28N4O4/c1-4-29-21-7-5-6-8-22(21)30(26(29)32)16-25(31)28-18(2)20-9-10-23(24(15-20)33-3)34-17-19-11-13-27-14-12-19/h5-15,18H,4,16-17H2,1-3H3,(H,28,31). The van der Waals surface area contributed by atoms with E-state index in [-0.39, 0.29) is 24.2 Å². The predicted octanol–water partition coefficient (Wildman–Crippen LogP) is 3.68. The molecule has 1 atom stereocenters. The normalized spacial score (nSPS) is 11.9. The summed E-state index contributed by atoms with van der Waals surface area (Å²) in [6.45, 7) is 4.69. The van der Waals surface area contributed by atoms with Gasteiger partial charge in [0.2, 0.25) is 5.91 Å². The Morgan fingerprint density at radius 2 is 1.74 bits per heavy atom. The van der Waals surface area contributed by atoms with Crippen LogP contribution in [0.15, 0.2) is 71.8 Å². The highest BCUT2D eigenvalue weighted by molar-refractivity contribution is 5.81. The Bertz CT molecular complexity index is 1340. The average molecular weight is 461 g/mol. The minimum atomic E-state index is -0.286. The van der Waals surface area contributed by atoms with Gasteiger partial charge in [-0.25, -0.2) is 4.79 Å². The number of amides is 1. The van der Waals surface area contributed by atoms with Crippen LogP contribution < -0.4 is 20.5 Å². The quantitative estimate of drug-likeness (QED) is 0.412. The van der Waals surface area contributed by atoms with E-state index in [4.69, 9.17) is 9.47 Å². The van der Waals surface area contributed by atoms with Gasteiger partial charge in [-0.3, -0.25) is 18.9 Å². The van der Waals surface area contributed by atoms with Crippen molar-refractivity contribution in [1.82, 2.24) is 19.4 Å². The van der Waals surface area contributed by atoms with Crippen molar-refractivity contribution in [3.8, 4) is 11.5 Å². The number of ether oxygens (including phenoxy) is 2. The molecule has 0 radical (unpaired) electrons. The Balaban J connectivity index is 1.46. The van der Waals surface area contributed by atoms with Crippen molar-refractivity contribution >= 4 is 16.9 Å². The molecule has 0 saturated carbocycles. The first kappa shape index (κ1) is 23.1. The van der Waals surface area contributed by atoms with Gasteiger partial charge in [0.1, 0.15) is 13.2 Å². The van der Waals surface area contributed by atoms with Gasteiger partial charge in [0.15, 0.2) is 11.5 Å². The second-order valence-electron chi connectivity index (χ2n) is 7.95. The van der Waals surface area contributed by atoms with E-state index >= 15 is 0 Å². The zero-order valence-electron chi connectivity index (χ0n) is 19.5. The summed E-state index contributed by atoms with van der Waals surface area (Å²) in [5, 5.41) is 2.98. The Labute approximate surface area is 197 Å². The molecule has 8 heteroatoms. The minimum Gasteiger partial charge on any atom is -0.493 e. The molecule has 0 saturated heterocycles. The van der Waals surface area contributed by atoms with E-state index in [0.717, 1.165) is 22.2 Å². The number of aryl methyl sites for hydroxylation is 1.